The second kappa shape index (κ2) is 8.80. The van der Waals surface area contributed by atoms with E-state index in [2.05, 4.69) is 5.10 Å². The van der Waals surface area contributed by atoms with Crippen LogP contribution in [0.25, 0.3) is 17.0 Å². The van der Waals surface area contributed by atoms with Gasteiger partial charge in [0.1, 0.15) is 5.57 Å². The maximum Gasteiger partial charge on any atom is 0.326 e. The number of methoxy groups -OCH3 is 1. The van der Waals surface area contributed by atoms with Crippen molar-refractivity contribution in [1.29, 1.82) is 0 Å². The van der Waals surface area contributed by atoms with E-state index in [4.69, 9.17) is 16.3 Å². The maximum atomic E-state index is 13.5. The third-order valence-corrected chi connectivity index (χ3v) is 5.62. The minimum Gasteiger partial charge on any atom is -0.858 e. The van der Waals surface area contributed by atoms with Gasteiger partial charge in [-0.05, 0) is 50.9 Å². The lowest BCUT2D eigenvalue weighted by Crippen LogP contribution is -2.41. The van der Waals surface area contributed by atoms with Gasteiger partial charge < -0.3 is 9.84 Å². The number of amides is 2. The van der Waals surface area contributed by atoms with Crippen molar-refractivity contribution in [1.82, 2.24) is 14.7 Å². The van der Waals surface area contributed by atoms with Gasteiger partial charge in [-0.1, -0.05) is 17.7 Å². The molecule has 2 aromatic heterocycles. The van der Waals surface area contributed by atoms with E-state index in [9.17, 15) is 14.7 Å². The van der Waals surface area contributed by atoms with Gasteiger partial charge in [0.25, 0.3) is 11.6 Å². The van der Waals surface area contributed by atoms with Crippen molar-refractivity contribution in [2.75, 3.05) is 20.3 Å². The van der Waals surface area contributed by atoms with Crippen molar-refractivity contribution >= 4 is 34.7 Å². The molecule has 0 aliphatic carbocycles. The van der Waals surface area contributed by atoms with Crippen molar-refractivity contribution in [2.24, 2.45) is 0 Å². The van der Waals surface area contributed by atoms with E-state index in [1.54, 1.807) is 48.1 Å². The Labute approximate surface area is 196 Å². The maximum absolute atomic E-state index is 13.5. The molecule has 0 saturated carbocycles. The van der Waals surface area contributed by atoms with Crippen LogP contribution >= 0.6 is 11.6 Å². The molecule has 170 valence electrons. The van der Waals surface area contributed by atoms with Crippen LogP contribution in [-0.4, -0.2) is 46.8 Å². The Morgan fingerprint density at radius 2 is 1.79 bits per heavy atom. The van der Waals surface area contributed by atoms with E-state index >= 15 is 0 Å². The molecule has 0 spiro atoms. The molecule has 8 nitrogen and oxygen atoms in total. The molecule has 0 saturated heterocycles. The second-order valence-corrected chi connectivity index (χ2v) is 8.37. The Morgan fingerprint density at radius 3 is 2.42 bits per heavy atom. The van der Waals surface area contributed by atoms with Gasteiger partial charge >= 0.3 is 5.91 Å². The molecular formula is C24H23ClN4O4. The summed E-state index contributed by atoms with van der Waals surface area (Å²) in [5.41, 5.74) is 2.87. The highest BCUT2D eigenvalue weighted by molar-refractivity contribution is 6.44. The van der Waals surface area contributed by atoms with E-state index < -0.39 is 17.7 Å². The average molecular weight is 467 g/mol. The van der Waals surface area contributed by atoms with Gasteiger partial charge in [-0.25, -0.2) is 4.68 Å². The first-order valence-electron chi connectivity index (χ1n) is 10.3. The second-order valence-electron chi connectivity index (χ2n) is 7.93. The largest absolute Gasteiger partial charge is 0.858 e. The van der Waals surface area contributed by atoms with Crippen LogP contribution in [0.3, 0.4) is 0 Å². The van der Waals surface area contributed by atoms with E-state index in [1.807, 2.05) is 19.9 Å². The van der Waals surface area contributed by atoms with Crippen LogP contribution in [0.2, 0.25) is 5.02 Å². The summed E-state index contributed by atoms with van der Waals surface area (Å²) in [5.74, 6) is -1.54. The van der Waals surface area contributed by atoms with Crippen LogP contribution in [0.15, 0.2) is 42.7 Å². The SMILES string of the molecule is COCCN1C(=O)C(c2c(C)nn(-c3cccc(Cl)c3)c2[O-])=C([n+]2cc(C)cc(C)c2)C1=O. The van der Waals surface area contributed by atoms with Crippen molar-refractivity contribution in [3.63, 3.8) is 0 Å². The first-order valence-corrected chi connectivity index (χ1v) is 10.7. The fourth-order valence-electron chi connectivity index (χ4n) is 4.03. The monoisotopic (exact) mass is 466 g/mol. The zero-order chi connectivity index (χ0) is 23.9. The summed E-state index contributed by atoms with van der Waals surface area (Å²) in [5, 5.41) is 18.3. The number of aromatic nitrogens is 3. The topological polar surface area (TPSA) is 91.4 Å². The Hall–Kier alpha value is -3.49. The molecular weight excluding hydrogens is 444 g/mol. The number of pyridine rings is 1. The summed E-state index contributed by atoms with van der Waals surface area (Å²) >= 11 is 6.09. The standard InChI is InChI=1S/C24H23ClN4O4/c1-14-10-15(2)13-27(12-14)21-20(22(30)28(24(21)32)8-9-33-4)19-16(3)26-29(23(19)31)18-7-5-6-17(25)11-18/h5-7,10-13H,8-9H2,1-4H3. The fraction of sp³-hybridized carbons (Fsp3) is 0.250. The van der Waals surface area contributed by atoms with E-state index in [0.717, 1.165) is 16.0 Å². The Balaban J connectivity index is 1.96. The number of carbonyl (C=O) groups is 2. The summed E-state index contributed by atoms with van der Waals surface area (Å²) in [6.07, 6.45) is 3.52. The summed E-state index contributed by atoms with van der Waals surface area (Å²) in [7, 11) is 1.49. The first-order chi connectivity index (χ1) is 15.7. The Bertz CT molecular complexity index is 1290. The minimum absolute atomic E-state index is 0.0295. The van der Waals surface area contributed by atoms with Gasteiger partial charge in [0.2, 0.25) is 0 Å². The fourth-order valence-corrected chi connectivity index (χ4v) is 4.21. The molecule has 1 aliphatic heterocycles. The van der Waals surface area contributed by atoms with Crippen LogP contribution in [0.5, 0.6) is 5.88 Å². The van der Waals surface area contributed by atoms with Crippen LogP contribution in [0, 0.1) is 20.8 Å². The normalized spacial score (nSPS) is 14.0. The smallest absolute Gasteiger partial charge is 0.326 e. The number of hydrogen-bond acceptors (Lipinski definition) is 5. The van der Waals surface area contributed by atoms with E-state index in [-0.39, 0.29) is 30.0 Å². The van der Waals surface area contributed by atoms with Crippen molar-refractivity contribution in [3.8, 4) is 11.6 Å². The number of aryl methyl sites for hydroxylation is 3. The third-order valence-electron chi connectivity index (χ3n) is 5.38. The highest BCUT2D eigenvalue weighted by Gasteiger charge is 2.46. The van der Waals surface area contributed by atoms with Crippen molar-refractivity contribution in [2.45, 2.75) is 20.8 Å². The number of imide groups is 1. The van der Waals surface area contributed by atoms with Crippen LogP contribution in [-0.2, 0) is 14.3 Å². The molecule has 0 fully saturated rings. The molecule has 33 heavy (non-hydrogen) atoms. The molecule has 0 N–H and O–H groups in total. The van der Waals surface area contributed by atoms with Gasteiger partial charge in [-0.3, -0.25) is 14.5 Å². The number of carbonyl (C=O) groups excluding carboxylic acids is 2. The molecule has 1 aliphatic rings. The van der Waals surface area contributed by atoms with Crippen molar-refractivity contribution in [3.05, 3.63) is 70.1 Å². The van der Waals surface area contributed by atoms with Crippen LogP contribution in [0.4, 0.5) is 0 Å². The molecule has 2 amide bonds. The predicted molar refractivity (Wildman–Crippen MR) is 121 cm³/mol. The molecule has 1 aromatic carbocycles. The van der Waals surface area contributed by atoms with E-state index in [1.165, 1.54) is 11.8 Å². The zero-order valence-corrected chi connectivity index (χ0v) is 19.5. The number of halogens is 1. The Kier molecular flexibility index (Phi) is 6.05. The summed E-state index contributed by atoms with van der Waals surface area (Å²) in [4.78, 5) is 28.0. The van der Waals surface area contributed by atoms with Crippen molar-refractivity contribution < 1.29 is 24.0 Å². The molecule has 9 heteroatoms. The van der Waals surface area contributed by atoms with Gasteiger partial charge in [-0.15, -0.1) is 0 Å². The van der Waals surface area contributed by atoms with Crippen LogP contribution < -0.4 is 9.67 Å². The molecule has 0 unspecified atom stereocenters. The summed E-state index contributed by atoms with van der Waals surface area (Å²) in [6.45, 7) is 5.69. The number of hydrogen-bond donors (Lipinski definition) is 0. The number of ether oxygens (including phenoxy) is 1. The lowest BCUT2D eigenvalue weighted by atomic mass is 10.0. The molecule has 0 radical (unpaired) electrons. The molecule has 0 bridgehead atoms. The molecule has 3 heterocycles. The lowest BCUT2D eigenvalue weighted by Gasteiger charge is -2.15. The van der Waals surface area contributed by atoms with Gasteiger partial charge in [0.05, 0.1) is 24.5 Å². The number of rotatable bonds is 6. The van der Waals surface area contributed by atoms with Gasteiger partial charge in [-0.2, -0.15) is 9.67 Å². The highest BCUT2D eigenvalue weighted by Crippen LogP contribution is 2.36. The quantitative estimate of drug-likeness (QED) is 0.410. The van der Waals surface area contributed by atoms with Crippen LogP contribution in [0.1, 0.15) is 22.4 Å². The highest BCUT2D eigenvalue weighted by atomic mass is 35.5. The summed E-state index contributed by atoms with van der Waals surface area (Å²) in [6, 6.07) is 8.67. The molecule has 3 aromatic rings. The minimum atomic E-state index is -0.551. The first kappa shape index (κ1) is 22.7. The number of benzene rings is 1. The lowest BCUT2D eigenvalue weighted by molar-refractivity contribution is -0.577. The van der Waals surface area contributed by atoms with Gasteiger partial charge in [0.15, 0.2) is 12.4 Å². The third kappa shape index (κ3) is 4.03. The summed E-state index contributed by atoms with van der Waals surface area (Å²) < 4.78 is 7.89. The number of nitrogens with zero attached hydrogens (tertiary/aromatic N) is 4. The molecule has 0 atom stereocenters. The predicted octanol–water partition coefficient (Wildman–Crippen LogP) is 2.20. The molecule has 4 rings (SSSR count). The van der Waals surface area contributed by atoms with E-state index in [0.29, 0.717) is 16.4 Å². The average Bonchev–Trinajstić information content (AvgIpc) is 3.17. The zero-order valence-electron chi connectivity index (χ0n) is 18.8. The Morgan fingerprint density at radius 1 is 1.09 bits per heavy atom. The van der Waals surface area contributed by atoms with Gasteiger partial charge in [0, 0.05) is 28.8 Å².